The van der Waals surface area contributed by atoms with Gasteiger partial charge in [-0.2, -0.15) is 5.10 Å². The van der Waals surface area contributed by atoms with Crippen molar-refractivity contribution in [3.8, 4) is 0 Å². The van der Waals surface area contributed by atoms with Crippen LogP contribution in [0.2, 0.25) is 0 Å². The van der Waals surface area contributed by atoms with Crippen molar-refractivity contribution in [1.29, 1.82) is 0 Å². The van der Waals surface area contributed by atoms with Crippen molar-refractivity contribution < 1.29 is 4.79 Å². The summed E-state index contributed by atoms with van der Waals surface area (Å²) in [5.41, 5.74) is 1.10. The molecule has 1 aromatic rings. The fourth-order valence-electron chi connectivity index (χ4n) is 1.02. The maximum Gasteiger partial charge on any atom is 0.234 e. The second-order valence-corrected chi connectivity index (χ2v) is 3.15. The molecule has 0 aliphatic rings. The molecule has 0 saturated carbocycles. The maximum absolute atomic E-state index is 9.80. The molecule has 0 radical (unpaired) electrons. The summed E-state index contributed by atoms with van der Waals surface area (Å²) in [5, 5.41) is 4.17. The first-order valence-electron chi connectivity index (χ1n) is 4.30. The van der Waals surface area contributed by atoms with Crippen LogP contribution < -0.4 is 0 Å². The zero-order valence-corrected chi connectivity index (χ0v) is 7.90. The molecule has 0 fully saturated rings. The predicted octanol–water partition coefficient (Wildman–Crippen LogP) is 1.34. The van der Waals surface area contributed by atoms with E-state index in [9.17, 15) is 4.79 Å². The molecule has 0 saturated heterocycles. The van der Waals surface area contributed by atoms with Crippen molar-refractivity contribution in [2.45, 2.75) is 26.3 Å². The van der Waals surface area contributed by atoms with E-state index in [0.717, 1.165) is 12.0 Å². The van der Waals surface area contributed by atoms with Gasteiger partial charge in [0.2, 0.25) is 6.08 Å². The highest BCUT2D eigenvalue weighted by molar-refractivity contribution is 5.32. The zero-order valence-electron chi connectivity index (χ0n) is 7.90. The lowest BCUT2D eigenvalue weighted by Gasteiger charge is -2.02. The molecular formula is C9H13N3O. The van der Waals surface area contributed by atoms with Crippen LogP contribution in [-0.4, -0.2) is 22.4 Å². The van der Waals surface area contributed by atoms with E-state index in [4.69, 9.17) is 0 Å². The summed E-state index contributed by atoms with van der Waals surface area (Å²) in [4.78, 5) is 13.3. The second kappa shape index (κ2) is 4.58. The van der Waals surface area contributed by atoms with E-state index in [1.807, 2.05) is 10.9 Å². The minimum Gasteiger partial charge on any atom is -0.270 e. The minimum absolute atomic E-state index is 0.378. The molecule has 0 unspecified atom stereocenters. The molecule has 4 nitrogen and oxygen atoms in total. The first kappa shape index (κ1) is 9.68. The van der Waals surface area contributed by atoms with E-state index < -0.39 is 0 Å². The van der Waals surface area contributed by atoms with E-state index in [-0.39, 0.29) is 0 Å². The average molecular weight is 179 g/mol. The van der Waals surface area contributed by atoms with Crippen molar-refractivity contribution >= 4 is 6.08 Å². The fraction of sp³-hybridized carbons (Fsp3) is 0.556. The highest BCUT2D eigenvalue weighted by Crippen LogP contribution is 2.05. The van der Waals surface area contributed by atoms with Crippen molar-refractivity contribution in [1.82, 2.24) is 9.78 Å². The highest BCUT2D eigenvalue weighted by atomic mass is 16.1. The monoisotopic (exact) mass is 179 g/mol. The maximum atomic E-state index is 9.80. The Kier molecular flexibility index (Phi) is 3.41. The van der Waals surface area contributed by atoms with Crippen LogP contribution in [0.5, 0.6) is 0 Å². The zero-order chi connectivity index (χ0) is 9.68. The van der Waals surface area contributed by atoms with Crippen LogP contribution in [0.4, 0.5) is 0 Å². The summed E-state index contributed by atoms with van der Waals surface area (Å²) < 4.78 is 1.89. The SMILES string of the molecule is CC(C)n1cc(CCN=C=O)cn1. The average Bonchev–Trinajstić information content (AvgIpc) is 2.53. The van der Waals surface area contributed by atoms with Crippen LogP contribution in [0.1, 0.15) is 25.5 Å². The van der Waals surface area contributed by atoms with Gasteiger partial charge in [-0.3, -0.25) is 4.68 Å². The third-order valence-electron chi connectivity index (χ3n) is 1.76. The molecule has 0 aliphatic carbocycles. The molecule has 0 spiro atoms. The van der Waals surface area contributed by atoms with Crippen LogP contribution in [0.25, 0.3) is 0 Å². The van der Waals surface area contributed by atoms with Gasteiger partial charge in [0, 0.05) is 12.2 Å². The standard InChI is InChI=1S/C9H13N3O/c1-8(2)12-6-9(5-11-12)3-4-10-7-13/h5-6,8H,3-4H2,1-2H3. The summed E-state index contributed by atoms with van der Waals surface area (Å²) in [6.07, 6.45) is 6.05. The Labute approximate surface area is 77.3 Å². The smallest absolute Gasteiger partial charge is 0.234 e. The lowest BCUT2D eigenvalue weighted by Crippen LogP contribution is -2.00. The fourth-order valence-corrected chi connectivity index (χ4v) is 1.02. The molecule has 0 N–H and O–H groups in total. The number of aliphatic imine (C=N–C) groups is 1. The van der Waals surface area contributed by atoms with Crippen molar-refractivity contribution in [2.24, 2.45) is 4.99 Å². The van der Waals surface area contributed by atoms with Gasteiger partial charge in [0.1, 0.15) is 0 Å². The summed E-state index contributed by atoms with van der Waals surface area (Å²) in [6, 6.07) is 0.378. The Bertz CT molecular complexity index is 310. The minimum atomic E-state index is 0.378. The van der Waals surface area contributed by atoms with Crippen LogP contribution in [-0.2, 0) is 11.2 Å². The molecule has 13 heavy (non-hydrogen) atoms. The molecule has 0 amide bonds. The number of carbonyl (C=O) groups excluding carboxylic acids is 1. The molecule has 70 valence electrons. The first-order chi connectivity index (χ1) is 6.24. The van der Waals surface area contributed by atoms with Crippen molar-refractivity contribution in [2.75, 3.05) is 6.54 Å². The Morgan fingerprint density at radius 3 is 3.00 bits per heavy atom. The number of hydrogen-bond donors (Lipinski definition) is 0. The van der Waals surface area contributed by atoms with Gasteiger partial charge in [-0.1, -0.05) is 0 Å². The van der Waals surface area contributed by atoms with Gasteiger partial charge < -0.3 is 0 Å². The summed E-state index contributed by atoms with van der Waals surface area (Å²) in [6.45, 7) is 4.63. The lowest BCUT2D eigenvalue weighted by molar-refractivity contribution is 0.532. The van der Waals surface area contributed by atoms with Gasteiger partial charge in [-0.25, -0.2) is 9.79 Å². The van der Waals surface area contributed by atoms with Gasteiger partial charge in [-0.05, 0) is 25.8 Å². The topological polar surface area (TPSA) is 47.2 Å². The third-order valence-corrected chi connectivity index (χ3v) is 1.76. The normalized spacial score (nSPS) is 10.1. The number of aromatic nitrogens is 2. The molecule has 1 heterocycles. The Balaban J connectivity index is 2.53. The molecular weight excluding hydrogens is 166 g/mol. The van der Waals surface area contributed by atoms with Crippen LogP contribution in [0, 0.1) is 0 Å². The summed E-state index contributed by atoms with van der Waals surface area (Å²) >= 11 is 0. The molecule has 4 heteroatoms. The highest BCUT2D eigenvalue weighted by Gasteiger charge is 2.00. The quantitative estimate of drug-likeness (QED) is 0.517. The van der Waals surface area contributed by atoms with Crippen molar-refractivity contribution in [3.05, 3.63) is 18.0 Å². The van der Waals surface area contributed by atoms with Crippen LogP contribution in [0.15, 0.2) is 17.4 Å². The van der Waals surface area contributed by atoms with Gasteiger partial charge in [0.05, 0.1) is 12.7 Å². The number of hydrogen-bond acceptors (Lipinski definition) is 3. The number of rotatable bonds is 4. The molecule has 0 aliphatic heterocycles. The van der Waals surface area contributed by atoms with Crippen LogP contribution in [0.3, 0.4) is 0 Å². The van der Waals surface area contributed by atoms with Gasteiger partial charge in [-0.15, -0.1) is 0 Å². The molecule has 0 atom stereocenters. The van der Waals surface area contributed by atoms with E-state index in [1.54, 1.807) is 6.20 Å². The van der Waals surface area contributed by atoms with Crippen molar-refractivity contribution in [3.63, 3.8) is 0 Å². The second-order valence-electron chi connectivity index (χ2n) is 3.15. The predicted molar refractivity (Wildman–Crippen MR) is 49.3 cm³/mol. The Morgan fingerprint density at radius 2 is 2.46 bits per heavy atom. The van der Waals surface area contributed by atoms with Gasteiger partial charge in [0.15, 0.2) is 0 Å². The molecule has 0 aromatic carbocycles. The lowest BCUT2D eigenvalue weighted by atomic mass is 10.2. The van der Waals surface area contributed by atoms with E-state index in [0.29, 0.717) is 12.6 Å². The van der Waals surface area contributed by atoms with E-state index >= 15 is 0 Å². The van der Waals surface area contributed by atoms with E-state index in [2.05, 4.69) is 23.9 Å². The molecule has 0 bridgehead atoms. The third kappa shape index (κ3) is 2.84. The van der Waals surface area contributed by atoms with Crippen LogP contribution >= 0.6 is 0 Å². The molecule has 1 aromatic heterocycles. The van der Waals surface area contributed by atoms with E-state index in [1.165, 1.54) is 6.08 Å². The first-order valence-corrected chi connectivity index (χ1v) is 4.30. The largest absolute Gasteiger partial charge is 0.270 e. The Morgan fingerprint density at radius 1 is 1.69 bits per heavy atom. The summed E-state index contributed by atoms with van der Waals surface area (Å²) in [5.74, 6) is 0. The van der Waals surface area contributed by atoms with Gasteiger partial charge in [0.25, 0.3) is 0 Å². The summed E-state index contributed by atoms with van der Waals surface area (Å²) in [7, 11) is 0. The number of isocyanates is 1. The Hall–Kier alpha value is -1.41. The molecule has 1 rings (SSSR count). The van der Waals surface area contributed by atoms with Gasteiger partial charge >= 0.3 is 0 Å². The number of nitrogens with zero attached hydrogens (tertiary/aromatic N) is 3.